The Morgan fingerprint density at radius 2 is 1.92 bits per heavy atom. The van der Waals surface area contributed by atoms with E-state index < -0.39 is 0 Å². The highest BCUT2D eigenvalue weighted by Crippen LogP contribution is 2.30. The molecule has 0 atom stereocenters. The summed E-state index contributed by atoms with van der Waals surface area (Å²) in [5, 5.41) is 2.90. The molecule has 2 aliphatic rings. The van der Waals surface area contributed by atoms with Crippen LogP contribution in [0.2, 0.25) is 0 Å². The molecule has 0 spiro atoms. The van der Waals surface area contributed by atoms with Crippen LogP contribution in [0.1, 0.15) is 51.9 Å². The van der Waals surface area contributed by atoms with Gasteiger partial charge in [0.2, 0.25) is 5.91 Å². The van der Waals surface area contributed by atoms with Gasteiger partial charge in [0.25, 0.3) is 5.91 Å². The third kappa shape index (κ3) is 4.97. The predicted octanol–water partition coefficient (Wildman–Crippen LogP) is 3.60. The summed E-state index contributed by atoms with van der Waals surface area (Å²) in [6, 6.07) is 7.64. The summed E-state index contributed by atoms with van der Waals surface area (Å²) in [6.07, 6.45) is 7.84. The lowest BCUT2D eigenvalue weighted by Crippen LogP contribution is -2.43. The number of ether oxygens (including phenoxy) is 1. The molecule has 1 aromatic rings. The number of rotatable bonds is 7. The molecule has 0 heterocycles. The molecule has 1 N–H and O–H groups in total. The molecular formula is C20H28N2O3. The Kier molecular flexibility index (Phi) is 5.95. The van der Waals surface area contributed by atoms with Crippen LogP contribution in [-0.4, -0.2) is 35.9 Å². The molecule has 0 unspecified atom stereocenters. The van der Waals surface area contributed by atoms with Crippen molar-refractivity contribution in [3.8, 4) is 5.75 Å². The van der Waals surface area contributed by atoms with Gasteiger partial charge in [0.1, 0.15) is 5.75 Å². The smallest absolute Gasteiger partial charge is 0.260 e. The van der Waals surface area contributed by atoms with E-state index in [0.29, 0.717) is 11.8 Å². The minimum atomic E-state index is 0.0434. The highest BCUT2D eigenvalue weighted by Gasteiger charge is 2.29. The van der Waals surface area contributed by atoms with E-state index in [2.05, 4.69) is 5.32 Å². The first-order valence-corrected chi connectivity index (χ1v) is 9.50. The number of anilines is 1. The van der Waals surface area contributed by atoms with E-state index >= 15 is 0 Å². The van der Waals surface area contributed by atoms with Gasteiger partial charge in [-0.05, 0) is 44.7 Å². The number of amides is 2. The maximum atomic E-state index is 12.5. The van der Waals surface area contributed by atoms with E-state index in [1.54, 1.807) is 6.07 Å². The largest absolute Gasteiger partial charge is 0.484 e. The number of hydrogen-bond acceptors (Lipinski definition) is 3. The van der Waals surface area contributed by atoms with Gasteiger partial charge in [0.15, 0.2) is 6.61 Å². The zero-order valence-electron chi connectivity index (χ0n) is 15.0. The fourth-order valence-corrected chi connectivity index (χ4v) is 3.51. The van der Waals surface area contributed by atoms with Crippen molar-refractivity contribution in [2.24, 2.45) is 5.92 Å². The Bertz CT molecular complexity index is 607. The maximum Gasteiger partial charge on any atom is 0.260 e. The minimum Gasteiger partial charge on any atom is -0.484 e. The monoisotopic (exact) mass is 344 g/mol. The number of carbonyl (C=O) groups excluding carboxylic acids is 2. The summed E-state index contributed by atoms with van der Waals surface area (Å²) in [6.45, 7) is 2.80. The molecule has 5 heteroatoms. The van der Waals surface area contributed by atoms with Crippen LogP contribution in [0, 0.1) is 5.92 Å². The molecule has 25 heavy (non-hydrogen) atoms. The second kappa shape index (κ2) is 8.37. The average molecular weight is 344 g/mol. The van der Waals surface area contributed by atoms with Gasteiger partial charge < -0.3 is 15.0 Å². The van der Waals surface area contributed by atoms with E-state index in [1.807, 2.05) is 30.0 Å². The maximum absolute atomic E-state index is 12.5. The molecule has 0 bridgehead atoms. The lowest BCUT2D eigenvalue weighted by molar-refractivity contribution is -0.136. The summed E-state index contributed by atoms with van der Waals surface area (Å²) < 4.78 is 5.70. The van der Waals surface area contributed by atoms with Gasteiger partial charge in [0.05, 0.1) is 0 Å². The van der Waals surface area contributed by atoms with Crippen LogP contribution >= 0.6 is 0 Å². The summed E-state index contributed by atoms with van der Waals surface area (Å²) in [5.41, 5.74) is 0.724. The van der Waals surface area contributed by atoms with Gasteiger partial charge in [-0.15, -0.1) is 0 Å². The lowest BCUT2D eigenvalue weighted by Gasteiger charge is -2.33. The third-order valence-electron chi connectivity index (χ3n) is 5.09. The molecule has 5 nitrogen and oxygen atoms in total. The molecule has 3 rings (SSSR count). The first-order valence-electron chi connectivity index (χ1n) is 9.50. The minimum absolute atomic E-state index is 0.0434. The molecule has 2 fully saturated rings. The molecule has 0 saturated heterocycles. The number of benzene rings is 1. The van der Waals surface area contributed by atoms with Crippen LogP contribution in [0.4, 0.5) is 5.69 Å². The van der Waals surface area contributed by atoms with Crippen LogP contribution in [-0.2, 0) is 9.59 Å². The van der Waals surface area contributed by atoms with Crippen molar-refractivity contribution in [3.05, 3.63) is 24.3 Å². The Balaban J connectivity index is 1.52. The molecule has 0 aliphatic heterocycles. The van der Waals surface area contributed by atoms with Crippen LogP contribution in [0.5, 0.6) is 5.75 Å². The standard InChI is InChI=1S/C20H28N2O3/c1-2-22(17-8-4-3-5-9-17)19(23)14-25-18-10-6-7-16(13-18)21-20(24)15-11-12-15/h6-7,10,13,15,17H,2-5,8-9,11-12,14H2,1H3,(H,21,24). The first-order chi connectivity index (χ1) is 12.2. The van der Waals surface area contributed by atoms with Gasteiger partial charge in [-0.2, -0.15) is 0 Å². The molecule has 2 saturated carbocycles. The van der Waals surface area contributed by atoms with E-state index in [4.69, 9.17) is 4.74 Å². The van der Waals surface area contributed by atoms with Crippen molar-refractivity contribution < 1.29 is 14.3 Å². The van der Waals surface area contributed by atoms with Crippen molar-refractivity contribution in [2.45, 2.75) is 57.9 Å². The van der Waals surface area contributed by atoms with Crippen molar-refractivity contribution in [2.75, 3.05) is 18.5 Å². The number of likely N-dealkylation sites (N-methyl/N-ethyl adjacent to an activating group) is 1. The number of carbonyl (C=O) groups is 2. The number of nitrogens with zero attached hydrogens (tertiary/aromatic N) is 1. The van der Waals surface area contributed by atoms with Crippen LogP contribution in [0.15, 0.2) is 24.3 Å². The van der Waals surface area contributed by atoms with Gasteiger partial charge in [0, 0.05) is 30.3 Å². The molecule has 136 valence electrons. The zero-order chi connectivity index (χ0) is 17.6. The van der Waals surface area contributed by atoms with Crippen molar-refractivity contribution >= 4 is 17.5 Å². The van der Waals surface area contributed by atoms with Gasteiger partial charge in [-0.1, -0.05) is 25.3 Å². The Labute approximate surface area is 149 Å². The Hall–Kier alpha value is -2.04. The Morgan fingerprint density at radius 1 is 1.16 bits per heavy atom. The molecule has 1 aromatic carbocycles. The van der Waals surface area contributed by atoms with E-state index in [1.165, 1.54) is 19.3 Å². The topological polar surface area (TPSA) is 58.6 Å². The molecule has 0 aromatic heterocycles. The van der Waals surface area contributed by atoms with Crippen LogP contribution < -0.4 is 10.1 Å². The number of hydrogen-bond donors (Lipinski definition) is 1. The average Bonchev–Trinajstić information content (AvgIpc) is 3.47. The fraction of sp³-hybridized carbons (Fsp3) is 0.600. The highest BCUT2D eigenvalue weighted by molar-refractivity contribution is 5.94. The quantitative estimate of drug-likeness (QED) is 0.822. The molecular weight excluding hydrogens is 316 g/mol. The van der Waals surface area contributed by atoms with Gasteiger partial charge in [-0.3, -0.25) is 9.59 Å². The van der Waals surface area contributed by atoms with E-state index in [0.717, 1.165) is 37.9 Å². The Morgan fingerprint density at radius 3 is 2.60 bits per heavy atom. The summed E-state index contributed by atoms with van der Waals surface area (Å²) in [4.78, 5) is 26.3. The SMILES string of the molecule is CCN(C(=O)COc1cccc(NC(=O)C2CC2)c1)C1CCCCC1. The molecule has 2 amide bonds. The van der Waals surface area contributed by atoms with Crippen molar-refractivity contribution in [3.63, 3.8) is 0 Å². The van der Waals surface area contributed by atoms with Gasteiger partial charge in [-0.25, -0.2) is 0 Å². The molecule has 0 radical (unpaired) electrons. The zero-order valence-corrected chi connectivity index (χ0v) is 15.0. The summed E-state index contributed by atoms with van der Waals surface area (Å²) >= 11 is 0. The van der Waals surface area contributed by atoms with Crippen molar-refractivity contribution in [1.82, 2.24) is 4.90 Å². The van der Waals surface area contributed by atoms with E-state index in [9.17, 15) is 9.59 Å². The number of nitrogens with one attached hydrogen (secondary N) is 1. The predicted molar refractivity (Wildman–Crippen MR) is 97.6 cm³/mol. The van der Waals surface area contributed by atoms with Gasteiger partial charge >= 0.3 is 0 Å². The normalized spacial score (nSPS) is 17.8. The summed E-state index contributed by atoms with van der Waals surface area (Å²) in [7, 11) is 0. The molecule has 2 aliphatic carbocycles. The fourth-order valence-electron chi connectivity index (χ4n) is 3.51. The van der Waals surface area contributed by atoms with Crippen LogP contribution in [0.3, 0.4) is 0 Å². The second-order valence-corrected chi connectivity index (χ2v) is 7.05. The third-order valence-corrected chi connectivity index (χ3v) is 5.09. The second-order valence-electron chi connectivity index (χ2n) is 7.05. The van der Waals surface area contributed by atoms with Crippen molar-refractivity contribution in [1.29, 1.82) is 0 Å². The highest BCUT2D eigenvalue weighted by atomic mass is 16.5. The van der Waals surface area contributed by atoms with Crippen LogP contribution in [0.25, 0.3) is 0 Å². The van der Waals surface area contributed by atoms with E-state index in [-0.39, 0.29) is 24.3 Å². The lowest BCUT2D eigenvalue weighted by atomic mass is 9.94. The first kappa shape index (κ1) is 17.8. The summed E-state index contributed by atoms with van der Waals surface area (Å²) in [5.74, 6) is 0.894.